The van der Waals surface area contributed by atoms with Crippen LogP contribution in [0.15, 0.2) is 66.7 Å². The van der Waals surface area contributed by atoms with Gasteiger partial charge in [-0.15, -0.1) is 0 Å². The SMILES string of the molecule is NC(=O)c1cccc(-c2ccc(N(CCCCN3CCN(c4cccc(Cl)c4Cl)CC3)C(=O)O)cc2)c1. The molecule has 0 unspecified atom stereocenters. The second kappa shape index (κ2) is 12.3. The highest BCUT2D eigenvalue weighted by Gasteiger charge is 2.20. The number of rotatable bonds is 9. The number of nitrogens with two attached hydrogens (primary N) is 1. The number of benzene rings is 3. The van der Waals surface area contributed by atoms with E-state index >= 15 is 0 Å². The van der Waals surface area contributed by atoms with E-state index in [1.165, 1.54) is 4.90 Å². The molecule has 37 heavy (non-hydrogen) atoms. The van der Waals surface area contributed by atoms with E-state index in [0.29, 0.717) is 27.8 Å². The molecule has 0 atom stereocenters. The van der Waals surface area contributed by atoms with Crippen molar-refractivity contribution in [2.45, 2.75) is 12.8 Å². The number of halogens is 2. The number of nitrogens with zero attached hydrogens (tertiary/aromatic N) is 3. The van der Waals surface area contributed by atoms with Crippen LogP contribution in [0.4, 0.5) is 16.2 Å². The Kier molecular flexibility index (Phi) is 8.92. The zero-order chi connectivity index (χ0) is 26.4. The molecule has 0 saturated carbocycles. The minimum atomic E-state index is -0.976. The Hall–Kier alpha value is -3.26. The van der Waals surface area contributed by atoms with Gasteiger partial charge in [-0.2, -0.15) is 0 Å². The summed E-state index contributed by atoms with van der Waals surface area (Å²) >= 11 is 12.5. The Labute approximate surface area is 227 Å². The van der Waals surface area contributed by atoms with Crippen molar-refractivity contribution in [1.82, 2.24) is 4.90 Å². The molecule has 0 radical (unpaired) electrons. The summed E-state index contributed by atoms with van der Waals surface area (Å²) in [6.45, 7) is 4.92. The Morgan fingerprint density at radius 3 is 2.27 bits per heavy atom. The first-order valence-corrected chi connectivity index (χ1v) is 13.0. The Balaban J connectivity index is 1.26. The van der Waals surface area contributed by atoms with Gasteiger partial charge in [0.2, 0.25) is 5.91 Å². The van der Waals surface area contributed by atoms with Gasteiger partial charge in [-0.25, -0.2) is 4.79 Å². The molecule has 3 N–H and O–H groups in total. The third kappa shape index (κ3) is 6.74. The molecule has 2 amide bonds. The zero-order valence-electron chi connectivity index (χ0n) is 20.4. The summed E-state index contributed by atoms with van der Waals surface area (Å²) < 4.78 is 0. The molecule has 7 nitrogen and oxygen atoms in total. The maximum atomic E-state index is 11.9. The first-order chi connectivity index (χ1) is 17.8. The van der Waals surface area contributed by atoms with Gasteiger partial charge < -0.3 is 15.7 Å². The molecule has 0 aromatic heterocycles. The number of hydrogen-bond donors (Lipinski definition) is 2. The van der Waals surface area contributed by atoms with Gasteiger partial charge in [0, 0.05) is 44.0 Å². The smallest absolute Gasteiger partial charge is 0.411 e. The van der Waals surface area contributed by atoms with Crippen LogP contribution in [0, 0.1) is 0 Å². The topological polar surface area (TPSA) is 90.1 Å². The van der Waals surface area contributed by atoms with Crippen LogP contribution in [0.25, 0.3) is 11.1 Å². The molecule has 1 fully saturated rings. The summed E-state index contributed by atoms with van der Waals surface area (Å²) in [6.07, 6.45) is 0.685. The predicted octanol–water partition coefficient (Wildman–Crippen LogP) is 5.85. The highest BCUT2D eigenvalue weighted by Crippen LogP contribution is 2.33. The standard InChI is InChI=1S/C28H30Cl2N4O3/c29-24-7-4-8-25(26(24)30)33-17-15-32(16-18-33)13-1-2-14-34(28(36)37)23-11-9-20(10-12-23)21-5-3-6-22(19-21)27(31)35/h3-12,19H,1-2,13-18H2,(H2,31,35)(H,36,37). The Morgan fingerprint density at radius 1 is 0.892 bits per heavy atom. The van der Waals surface area contributed by atoms with E-state index < -0.39 is 12.0 Å². The van der Waals surface area contributed by atoms with Crippen LogP contribution in [-0.2, 0) is 0 Å². The maximum absolute atomic E-state index is 11.9. The number of amides is 2. The second-order valence-electron chi connectivity index (χ2n) is 9.03. The molecular weight excluding hydrogens is 511 g/mol. The largest absolute Gasteiger partial charge is 0.465 e. The van der Waals surface area contributed by atoms with E-state index in [0.717, 1.165) is 62.4 Å². The van der Waals surface area contributed by atoms with Crippen LogP contribution in [0.5, 0.6) is 0 Å². The summed E-state index contributed by atoms with van der Waals surface area (Å²) in [5.41, 5.74) is 9.14. The summed E-state index contributed by atoms with van der Waals surface area (Å²) in [6, 6.07) is 20.1. The van der Waals surface area contributed by atoms with Crippen LogP contribution >= 0.6 is 23.2 Å². The van der Waals surface area contributed by atoms with Crippen molar-refractivity contribution in [3.05, 3.63) is 82.3 Å². The van der Waals surface area contributed by atoms with E-state index in [1.54, 1.807) is 36.4 Å². The molecule has 4 rings (SSSR count). The number of primary amides is 1. The number of carboxylic acid groups (broad SMARTS) is 1. The molecule has 9 heteroatoms. The van der Waals surface area contributed by atoms with Gasteiger partial charge in [-0.3, -0.25) is 14.6 Å². The molecular formula is C28H30Cl2N4O3. The van der Waals surface area contributed by atoms with Crippen molar-refractivity contribution in [2.75, 3.05) is 49.1 Å². The number of piperazine rings is 1. The van der Waals surface area contributed by atoms with Gasteiger partial charge in [0.25, 0.3) is 0 Å². The molecule has 1 aliphatic rings. The molecule has 3 aromatic carbocycles. The third-order valence-corrected chi connectivity index (χ3v) is 7.45. The quantitative estimate of drug-likeness (QED) is 0.332. The fourth-order valence-electron chi connectivity index (χ4n) is 4.58. The number of carbonyl (C=O) groups is 2. The van der Waals surface area contributed by atoms with E-state index in [9.17, 15) is 14.7 Å². The summed E-state index contributed by atoms with van der Waals surface area (Å²) in [5.74, 6) is -0.483. The molecule has 0 spiro atoms. The molecule has 1 saturated heterocycles. The van der Waals surface area contributed by atoms with Crippen molar-refractivity contribution in [3.63, 3.8) is 0 Å². The Bertz CT molecular complexity index is 1240. The van der Waals surface area contributed by atoms with Crippen molar-refractivity contribution in [3.8, 4) is 11.1 Å². The summed E-state index contributed by atoms with van der Waals surface area (Å²) in [4.78, 5) is 29.4. The van der Waals surface area contributed by atoms with Crippen molar-refractivity contribution < 1.29 is 14.7 Å². The fourth-order valence-corrected chi connectivity index (χ4v) is 4.99. The highest BCUT2D eigenvalue weighted by molar-refractivity contribution is 6.43. The van der Waals surface area contributed by atoms with Gasteiger partial charge >= 0.3 is 6.09 Å². The lowest BCUT2D eigenvalue weighted by Gasteiger charge is -2.36. The van der Waals surface area contributed by atoms with Crippen LogP contribution < -0.4 is 15.5 Å². The van der Waals surface area contributed by atoms with Crippen LogP contribution in [-0.4, -0.2) is 61.3 Å². The summed E-state index contributed by atoms with van der Waals surface area (Å²) in [5, 5.41) is 10.9. The first-order valence-electron chi connectivity index (χ1n) is 12.3. The van der Waals surface area contributed by atoms with E-state index in [2.05, 4.69) is 9.80 Å². The highest BCUT2D eigenvalue weighted by atomic mass is 35.5. The molecule has 0 aliphatic carbocycles. The average molecular weight is 541 g/mol. The van der Waals surface area contributed by atoms with E-state index in [4.69, 9.17) is 28.9 Å². The van der Waals surface area contributed by atoms with Crippen LogP contribution in [0.2, 0.25) is 10.0 Å². The van der Waals surface area contributed by atoms with Gasteiger partial charge in [0.15, 0.2) is 0 Å². The minimum absolute atomic E-state index is 0.421. The lowest BCUT2D eigenvalue weighted by molar-refractivity contribution is 0.1000. The number of anilines is 2. The number of unbranched alkanes of at least 4 members (excludes halogenated alkanes) is 1. The normalized spacial score (nSPS) is 13.9. The van der Waals surface area contributed by atoms with Gasteiger partial charge in [0.05, 0.1) is 15.7 Å². The van der Waals surface area contributed by atoms with Crippen LogP contribution in [0.1, 0.15) is 23.2 Å². The molecule has 1 heterocycles. The molecule has 0 bridgehead atoms. The van der Waals surface area contributed by atoms with Gasteiger partial charge in [-0.05, 0) is 66.9 Å². The molecule has 3 aromatic rings. The predicted molar refractivity (Wildman–Crippen MR) is 150 cm³/mol. The van der Waals surface area contributed by atoms with Crippen molar-refractivity contribution in [2.24, 2.45) is 5.73 Å². The minimum Gasteiger partial charge on any atom is -0.465 e. The number of carbonyl (C=O) groups excluding carboxylic acids is 1. The zero-order valence-corrected chi connectivity index (χ0v) is 22.0. The monoisotopic (exact) mass is 540 g/mol. The van der Waals surface area contributed by atoms with Gasteiger partial charge in [0.1, 0.15) is 0 Å². The van der Waals surface area contributed by atoms with Crippen molar-refractivity contribution in [1.29, 1.82) is 0 Å². The molecule has 194 valence electrons. The number of hydrogen-bond acceptors (Lipinski definition) is 4. The lowest BCUT2D eigenvalue weighted by Crippen LogP contribution is -2.46. The lowest BCUT2D eigenvalue weighted by atomic mass is 10.0. The Morgan fingerprint density at radius 2 is 1.59 bits per heavy atom. The van der Waals surface area contributed by atoms with Gasteiger partial charge in [-0.1, -0.05) is 53.5 Å². The van der Waals surface area contributed by atoms with E-state index in [1.807, 2.05) is 30.3 Å². The molecule has 1 aliphatic heterocycles. The summed E-state index contributed by atoms with van der Waals surface area (Å²) in [7, 11) is 0. The first kappa shape index (κ1) is 26.8. The van der Waals surface area contributed by atoms with Crippen LogP contribution in [0.3, 0.4) is 0 Å². The third-order valence-electron chi connectivity index (χ3n) is 6.64. The average Bonchev–Trinajstić information content (AvgIpc) is 2.91. The second-order valence-corrected chi connectivity index (χ2v) is 9.82. The van der Waals surface area contributed by atoms with Crippen molar-refractivity contribution >= 4 is 46.6 Å². The van der Waals surface area contributed by atoms with E-state index in [-0.39, 0.29) is 0 Å². The fraction of sp³-hybridized carbons (Fsp3) is 0.286. The maximum Gasteiger partial charge on any atom is 0.411 e.